The number of thiazole rings is 1. The van der Waals surface area contributed by atoms with E-state index in [1.165, 1.54) is 35.7 Å². The summed E-state index contributed by atoms with van der Waals surface area (Å²) < 4.78 is 15.4. The fourth-order valence-corrected chi connectivity index (χ4v) is 2.74. The van der Waals surface area contributed by atoms with Crippen LogP contribution in [0.25, 0.3) is 0 Å². The summed E-state index contributed by atoms with van der Waals surface area (Å²) in [5.74, 6) is -0.768. The predicted octanol–water partition coefficient (Wildman–Crippen LogP) is 2.17. The Morgan fingerprint density at radius 1 is 1.26 bits per heavy atom. The summed E-state index contributed by atoms with van der Waals surface area (Å²) in [6.45, 7) is 0.286. The average molecular weight is 329 g/mol. The van der Waals surface area contributed by atoms with E-state index in [0.29, 0.717) is 10.4 Å². The zero-order valence-corrected chi connectivity index (χ0v) is 12.7. The van der Waals surface area contributed by atoms with Gasteiger partial charge in [-0.2, -0.15) is 4.99 Å². The first-order chi connectivity index (χ1) is 11.1. The van der Waals surface area contributed by atoms with Crippen molar-refractivity contribution in [2.45, 2.75) is 6.54 Å². The number of nitrogens with zero attached hydrogens (tertiary/aromatic N) is 2. The van der Waals surface area contributed by atoms with Crippen LogP contribution in [0.2, 0.25) is 0 Å². The van der Waals surface area contributed by atoms with E-state index in [-0.39, 0.29) is 23.5 Å². The average Bonchev–Trinajstić information content (AvgIpc) is 2.97. The van der Waals surface area contributed by atoms with Crippen LogP contribution in [-0.2, 0) is 6.54 Å². The summed E-state index contributed by atoms with van der Waals surface area (Å²) in [6.07, 6.45) is 3.07. The fourth-order valence-electron chi connectivity index (χ4n) is 2.01. The molecule has 7 heteroatoms. The maximum atomic E-state index is 13.7. The van der Waals surface area contributed by atoms with Gasteiger partial charge in [-0.25, -0.2) is 4.39 Å². The van der Waals surface area contributed by atoms with Gasteiger partial charge >= 0.3 is 0 Å². The highest BCUT2D eigenvalue weighted by Crippen LogP contribution is 2.08. The highest BCUT2D eigenvalue weighted by molar-refractivity contribution is 7.07. The highest BCUT2D eigenvalue weighted by atomic mass is 32.1. The van der Waals surface area contributed by atoms with Crippen LogP contribution in [0.4, 0.5) is 4.39 Å². The summed E-state index contributed by atoms with van der Waals surface area (Å²) in [5.41, 5.74) is 0.520. The molecule has 3 aromatic rings. The molecule has 0 bridgehead atoms. The molecule has 0 aliphatic heterocycles. The van der Waals surface area contributed by atoms with Gasteiger partial charge < -0.3 is 9.55 Å². The molecule has 1 N–H and O–H groups in total. The number of aromatic nitrogens is 2. The first-order valence-corrected chi connectivity index (χ1v) is 7.66. The van der Waals surface area contributed by atoms with Gasteiger partial charge in [0, 0.05) is 29.4 Å². The number of carbonyl (C=O) groups excluding carboxylic acids is 1. The zero-order valence-electron chi connectivity index (χ0n) is 11.9. The lowest BCUT2D eigenvalue weighted by Gasteiger charge is -2.04. The molecule has 1 aromatic carbocycles. The lowest BCUT2D eigenvalue weighted by atomic mass is 10.2. The Hall–Kier alpha value is -2.80. The predicted molar refractivity (Wildman–Crippen MR) is 84.8 cm³/mol. The smallest absolute Gasteiger partial charge is 0.281 e. The standard InChI is InChI=1S/C16H12FN3O2S/c17-13-4-2-1-3-12(13)10-20-7-8-23-16(20)19-15(22)11-5-6-14(21)18-9-11/h1-9H,10H2,(H,18,21). The van der Waals surface area contributed by atoms with Crippen LogP contribution in [0.3, 0.4) is 0 Å². The Kier molecular flexibility index (Phi) is 4.29. The minimum Gasteiger partial charge on any atom is -0.328 e. The van der Waals surface area contributed by atoms with E-state index in [9.17, 15) is 14.0 Å². The monoisotopic (exact) mass is 329 g/mol. The molecule has 0 aliphatic rings. The first-order valence-electron chi connectivity index (χ1n) is 6.78. The summed E-state index contributed by atoms with van der Waals surface area (Å²) in [7, 11) is 0. The Bertz CT molecular complexity index is 951. The lowest BCUT2D eigenvalue weighted by molar-refractivity contribution is 0.0997. The second-order valence-electron chi connectivity index (χ2n) is 4.76. The van der Waals surface area contributed by atoms with E-state index in [2.05, 4.69) is 9.98 Å². The van der Waals surface area contributed by atoms with Gasteiger partial charge in [0.05, 0.1) is 12.1 Å². The molecule has 23 heavy (non-hydrogen) atoms. The molecule has 0 saturated carbocycles. The second-order valence-corrected chi connectivity index (χ2v) is 5.64. The largest absolute Gasteiger partial charge is 0.328 e. The molecule has 1 amide bonds. The minimum atomic E-state index is -0.467. The first kappa shape index (κ1) is 15.1. The molecule has 0 atom stereocenters. The van der Waals surface area contributed by atoms with Crippen molar-refractivity contribution in [3.63, 3.8) is 0 Å². The lowest BCUT2D eigenvalue weighted by Crippen LogP contribution is -2.18. The summed E-state index contributed by atoms with van der Waals surface area (Å²) in [4.78, 5) is 30.1. The molecule has 0 fully saturated rings. The molecule has 5 nitrogen and oxygen atoms in total. The zero-order chi connectivity index (χ0) is 16.2. The minimum absolute atomic E-state index is 0.285. The van der Waals surface area contributed by atoms with Crippen LogP contribution in [0, 0.1) is 5.82 Å². The van der Waals surface area contributed by atoms with Crippen LogP contribution in [0.5, 0.6) is 0 Å². The number of pyridine rings is 1. The molecule has 2 heterocycles. The Morgan fingerprint density at radius 2 is 2.09 bits per heavy atom. The summed E-state index contributed by atoms with van der Waals surface area (Å²) in [6, 6.07) is 9.15. The van der Waals surface area contributed by atoms with Crippen molar-refractivity contribution in [1.29, 1.82) is 0 Å². The molecule has 0 radical (unpaired) electrons. The van der Waals surface area contributed by atoms with E-state index in [4.69, 9.17) is 0 Å². The highest BCUT2D eigenvalue weighted by Gasteiger charge is 2.07. The Morgan fingerprint density at radius 3 is 2.83 bits per heavy atom. The van der Waals surface area contributed by atoms with Gasteiger partial charge in [0.1, 0.15) is 5.82 Å². The number of H-pyrrole nitrogens is 1. The number of hydrogen-bond donors (Lipinski definition) is 1. The molecule has 2 aromatic heterocycles. The Labute approximate surface area is 134 Å². The Balaban J connectivity index is 1.91. The quantitative estimate of drug-likeness (QED) is 0.800. The van der Waals surface area contributed by atoms with Crippen molar-refractivity contribution in [2.24, 2.45) is 4.99 Å². The second kappa shape index (κ2) is 6.53. The maximum Gasteiger partial charge on any atom is 0.281 e. The van der Waals surface area contributed by atoms with Gasteiger partial charge in [0.15, 0.2) is 4.80 Å². The van der Waals surface area contributed by atoms with Gasteiger partial charge in [-0.3, -0.25) is 9.59 Å². The molecule has 3 rings (SSSR count). The van der Waals surface area contributed by atoms with E-state index in [1.54, 1.807) is 34.3 Å². The van der Waals surface area contributed by atoms with Gasteiger partial charge in [-0.05, 0) is 12.1 Å². The van der Waals surface area contributed by atoms with Crippen LogP contribution in [-0.4, -0.2) is 15.5 Å². The third-order valence-corrected chi connectivity index (χ3v) is 3.98. The number of nitrogens with one attached hydrogen (secondary N) is 1. The van der Waals surface area contributed by atoms with Gasteiger partial charge in [0.25, 0.3) is 5.91 Å². The van der Waals surface area contributed by atoms with Crippen molar-refractivity contribution in [2.75, 3.05) is 0 Å². The number of aromatic amines is 1. The van der Waals surface area contributed by atoms with Gasteiger partial charge in [0.2, 0.25) is 5.56 Å². The normalized spacial score (nSPS) is 11.6. The van der Waals surface area contributed by atoms with Crippen LogP contribution < -0.4 is 10.4 Å². The summed E-state index contributed by atoms with van der Waals surface area (Å²) in [5, 5.41) is 1.78. The number of carbonyl (C=O) groups is 1. The van der Waals surface area contributed by atoms with Crippen molar-refractivity contribution in [1.82, 2.24) is 9.55 Å². The van der Waals surface area contributed by atoms with E-state index >= 15 is 0 Å². The third-order valence-electron chi connectivity index (χ3n) is 3.19. The molecule has 0 aliphatic carbocycles. The third kappa shape index (κ3) is 3.51. The number of benzene rings is 1. The van der Waals surface area contributed by atoms with Crippen molar-refractivity contribution in [3.8, 4) is 0 Å². The summed E-state index contributed by atoms with van der Waals surface area (Å²) >= 11 is 1.28. The van der Waals surface area contributed by atoms with Crippen molar-refractivity contribution >= 4 is 17.2 Å². The number of hydrogen-bond acceptors (Lipinski definition) is 3. The van der Waals surface area contributed by atoms with Crippen LogP contribution in [0.15, 0.2) is 64.0 Å². The number of rotatable bonds is 3. The topological polar surface area (TPSA) is 67.2 Å². The molecule has 0 unspecified atom stereocenters. The maximum absolute atomic E-state index is 13.7. The van der Waals surface area contributed by atoms with Crippen LogP contribution >= 0.6 is 11.3 Å². The number of halogens is 1. The van der Waals surface area contributed by atoms with Gasteiger partial charge in [-0.1, -0.05) is 18.2 Å². The molecule has 0 spiro atoms. The fraction of sp³-hybridized carbons (Fsp3) is 0.0625. The molecule has 116 valence electrons. The van der Waals surface area contributed by atoms with E-state index in [0.717, 1.165) is 0 Å². The SMILES string of the molecule is O=C(N=c1sccn1Cc1ccccc1F)c1ccc(=O)[nH]c1. The number of amides is 1. The molecular formula is C16H12FN3O2S. The van der Waals surface area contributed by atoms with Crippen molar-refractivity contribution in [3.05, 3.63) is 86.3 Å². The van der Waals surface area contributed by atoms with Gasteiger partial charge in [-0.15, -0.1) is 11.3 Å². The molecule has 0 saturated heterocycles. The van der Waals surface area contributed by atoms with E-state index in [1.807, 2.05) is 0 Å². The van der Waals surface area contributed by atoms with E-state index < -0.39 is 5.91 Å². The van der Waals surface area contributed by atoms with Crippen LogP contribution in [0.1, 0.15) is 15.9 Å². The molecular weight excluding hydrogens is 317 g/mol. The van der Waals surface area contributed by atoms with Crippen molar-refractivity contribution < 1.29 is 9.18 Å².